The first kappa shape index (κ1) is 28.4. The van der Waals surface area contributed by atoms with E-state index in [4.69, 9.17) is 4.74 Å². The van der Waals surface area contributed by atoms with Crippen LogP contribution >= 0.6 is 0 Å². The molecule has 0 aromatic heterocycles. The molecule has 8 heteroatoms. The fraction of sp³-hybridized carbons (Fsp3) is 0.176. The smallest absolute Gasteiger partial charge is 0.253 e. The van der Waals surface area contributed by atoms with Crippen LogP contribution in [0.15, 0.2) is 103 Å². The van der Waals surface area contributed by atoms with Gasteiger partial charge in [-0.3, -0.25) is 9.59 Å². The van der Waals surface area contributed by atoms with Gasteiger partial charge in [0.05, 0.1) is 18.4 Å². The zero-order valence-electron chi connectivity index (χ0n) is 23.4. The van der Waals surface area contributed by atoms with Crippen LogP contribution in [0.4, 0.5) is 21.5 Å². The summed E-state index contributed by atoms with van der Waals surface area (Å²) in [6, 6.07) is 28.9. The Balaban J connectivity index is 1.33. The molecule has 1 saturated heterocycles. The number of amides is 2. The molecule has 214 valence electrons. The second-order valence-electron chi connectivity index (χ2n) is 9.92. The number of methoxy groups -OCH3 is 1. The summed E-state index contributed by atoms with van der Waals surface area (Å²) in [7, 11) is 1.67. The van der Waals surface area contributed by atoms with E-state index in [0.717, 1.165) is 41.3 Å². The van der Waals surface area contributed by atoms with E-state index in [9.17, 15) is 14.0 Å². The maximum atomic E-state index is 13.5. The third-order valence-corrected chi connectivity index (χ3v) is 7.15. The maximum Gasteiger partial charge on any atom is 0.253 e. The summed E-state index contributed by atoms with van der Waals surface area (Å²) >= 11 is 0. The molecule has 4 aromatic carbocycles. The quantitative estimate of drug-likeness (QED) is 0.254. The summed E-state index contributed by atoms with van der Waals surface area (Å²) < 4.78 is 18.9. The van der Waals surface area contributed by atoms with E-state index in [2.05, 4.69) is 20.4 Å². The summed E-state index contributed by atoms with van der Waals surface area (Å²) in [5.74, 6) is -0.0790. The van der Waals surface area contributed by atoms with Crippen molar-refractivity contribution in [2.75, 3.05) is 48.4 Å². The topological polar surface area (TPSA) is 73.9 Å². The molecule has 0 atom stereocenters. The van der Waals surface area contributed by atoms with Crippen molar-refractivity contribution >= 4 is 35.0 Å². The lowest BCUT2D eigenvalue weighted by Gasteiger charge is -2.38. The molecule has 42 heavy (non-hydrogen) atoms. The summed E-state index contributed by atoms with van der Waals surface area (Å²) in [5, 5.41) is 5.82. The van der Waals surface area contributed by atoms with Gasteiger partial charge >= 0.3 is 0 Å². The lowest BCUT2D eigenvalue weighted by atomic mass is 10.1. The molecular weight excluding hydrogens is 531 g/mol. The van der Waals surface area contributed by atoms with E-state index < -0.39 is 0 Å². The fourth-order valence-corrected chi connectivity index (χ4v) is 4.95. The zero-order chi connectivity index (χ0) is 29.3. The van der Waals surface area contributed by atoms with E-state index in [-0.39, 0.29) is 24.2 Å². The van der Waals surface area contributed by atoms with Crippen molar-refractivity contribution < 1.29 is 18.7 Å². The first-order valence-electron chi connectivity index (χ1n) is 13.8. The Kier molecular flexibility index (Phi) is 9.13. The van der Waals surface area contributed by atoms with Crippen molar-refractivity contribution in [3.8, 4) is 5.75 Å². The zero-order valence-corrected chi connectivity index (χ0v) is 23.4. The van der Waals surface area contributed by atoms with Gasteiger partial charge in [-0.2, -0.15) is 0 Å². The molecule has 1 heterocycles. The Morgan fingerprint density at radius 3 is 2.21 bits per heavy atom. The number of halogens is 1. The number of piperazine rings is 1. The van der Waals surface area contributed by atoms with Gasteiger partial charge in [-0.15, -0.1) is 0 Å². The Morgan fingerprint density at radius 1 is 0.833 bits per heavy atom. The average Bonchev–Trinajstić information content (AvgIpc) is 3.04. The minimum atomic E-state index is -0.329. The van der Waals surface area contributed by atoms with Gasteiger partial charge in [0.25, 0.3) is 5.91 Å². The van der Waals surface area contributed by atoms with E-state index in [1.807, 2.05) is 66.7 Å². The number of para-hydroxylation sites is 2. The van der Waals surface area contributed by atoms with Crippen LogP contribution in [0.25, 0.3) is 6.08 Å². The maximum absolute atomic E-state index is 13.5. The van der Waals surface area contributed by atoms with Gasteiger partial charge in [0.2, 0.25) is 5.91 Å². The van der Waals surface area contributed by atoms with Crippen LogP contribution in [0.5, 0.6) is 5.75 Å². The molecular formula is C34H33FN4O3. The number of hydrogen-bond acceptors (Lipinski definition) is 5. The van der Waals surface area contributed by atoms with Crippen LogP contribution in [0.1, 0.15) is 21.5 Å². The van der Waals surface area contributed by atoms with E-state index in [1.54, 1.807) is 31.4 Å². The van der Waals surface area contributed by atoms with Crippen molar-refractivity contribution in [1.82, 2.24) is 5.32 Å². The SMILES string of the molecule is COc1ccccc1N1CCN(c2ccc(NC(=O)C=Cc3ccccc3)cc2C(=O)NCc2ccc(F)cc2)CC1. The molecule has 5 rings (SSSR count). The summed E-state index contributed by atoms with van der Waals surface area (Å²) in [5.41, 5.74) is 4.49. The molecule has 4 aromatic rings. The van der Waals surface area contributed by atoms with Crippen molar-refractivity contribution in [2.45, 2.75) is 6.54 Å². The highest BCUT2D eigenvalue weighted by Crippen LogP contribution is 2.31. The Bertz CT molecular complexity index is 1550. The molecule has 1 fully saturated rings. The van der Waals surface area contributed by atoms with Gasteiger partial charge in [-0.05, 0) is 59.7 Å². The second-order valence-corrected chi connectivity index (χ2v) is 9.92. The number of hydrogen-bond donors (Lipinski definition) is 2. The van der Waals surface area contributed by atoms with Gasteiger partial charge in [0.15, 0.2) is 0 Å². The fourth-order valence-electron chi connectivity index (χ4n) is 4.95. The number of rotatable bonds is 9. The molecule has 0 unspecified atom stereocenters. The molecule has 0 bridgehead atoms. The highest BCUT2D eigenvalue weighted by molar-refractivity contribution is 6.05. The molecule has 1 aliphatic rings. The predicted octanol–water partition coefficient (Wildman–Crippen LogP) is 5.74. The number of benzene rings is 4. The normalized spacial score (nSPS) is 13.2. The number of ether oxygens (including phenoxy) is 1. The minimum absolute atomic E-state index is 0.247. The van der Waals surface area contributed by atoms with Gasteiger partial charge in [-0.25, -0.2) is 4.39 Å². The van der Waals surface area contributed by atoms with E-state index in [1.165, 1.54) is 18.2 Å². The number of carbonyl (C=O) groups is 2. The van der Waals surface area contributed by atoms with Gasteiger partial charge < -0.3 is 25.2 Å². The Labute approximate surface area is 245 Å². The van der Waals surface area contributed by atoms with Crippen molar-refractivity contribution in [2.24, 2.45) is 0 Å². The number of nitrogens with zero attached hydrogens (tertiary/aromatic N) is 2. The summed E-state index contributed by atoms with van der Waals surface area (Å²) in [4.78, 5) is 30.6. The molecule has 1 aliphatic heterocycles. The molecule has 0 aliphatic carbocycles. The molecule has 0 saturated carbocycles. The molecule has 2 N–H and O–H groups in total. The highest BCUT2D eigenvalue weighted by Gasteiger charge is 2.24. The third-order valence-electron chi connectivity index (χ3n) is 7.15. The molecule has 2 amide bonds. The predicted molar refractivity (Wildman–Crippen MR) is 166 cm³/mol. The summed E-state index contributed by atoms with van der Waals surface area (Å²) in [6.45, 7) is 3.14. The number of anilines is 3. The van der Waals surface area contributed by atoms with Gasteiger partial charge in [-0.1, -0.05) is 54.6 Å². The van der Waals surface area contributed by atoms with Crippen molar-refractivity contribution in [1.29, 1.82) is 0 Å². The summed E-state index contributed by atoms with van der Waals surface area (Å²) in [6.07, 6.45) is 3.20. The third kappa shape index (κ3) is 7.14. The number of carbonyl (C=O) groups excluding carboxylic acids is 2. The second kappa shape index (κ2) is 13.5. The van der Waals surface area contributed by atoms with Crippen LogP contribution in [0.2, 0.25) is 0 Å². The monoisotopic (exact) mass is 564 g/mol. The highest BCUT2D eigenvalue weighted by atomic mass is 19.1. The lowest BCUT2D eigenvalue weighted by molar-refractivity contribution is -0.111. The molecule has 0 radical (unpaired) electrons. The lowest BCUT2D eigenvalue weighted by Crippen LogP contribution is -2.47. The van der Waals surface area contributed by atoms with Crippen LogP contribution < -0.4 is 25.2 Å². The van der Waals surface area contributed by atoms with E-state index >= 15 is 0 Å². The first-order chi connectivity index (χ1) is 20.5. The standard InChI is InChI=1S/C34H33FN4O3/c1-42-32-10-6-5-9-31(32)39-21-19-38(20-22-39)30-17-16-28(37-33(40)18-13-25-7-3-2-4-8-25)23-29(30)34(41)36-24-26-11-14-27(35)15-12-26/h2-18,23H,19-22,24H2,1H3,(H,36,41)(H,37,40). The van der Waals surface area contributed by atoms with Gasteiger partial charge in [0, 0.05) is 50.2 Å². The average molecular weight is 565 g/mol. The van der Waals surface area contributed by atoms with Crippen LogP contribution in [0, 0.1) is 5.82 Å². The van der Waals surface area contributed by atoms with Crippen LogP contribution in [0.3, 0.4) is 0 Å². The molecule has 0 spiro atoms. The van der Waals surface area contributed by atoms with Crippen molar-refractivity contribution in [3.05, 3.63) is 126 Å². The van der Waals surface area contributed by atoms with Gasteiger partial charge in [0.1, 0.15) is 11.6 Å². The largest absolute Gasteiger partial charge is 0.495 e. The van der Waals surface area contributed by atoms with Crippen molar-refractivity contribution in [3.63, 3.8) is 0 Å². The Morgan fingerprint density at radius 2 is 1.50 bits per heavy atom. The first-order valence-corrected chi connectivity index (χ1v) is 13.8. The van der Waals surface area contributed by atoms with E-state index in [0.29, 0.717) is 24.3 Å². The minimum Gasteiger partial charge on any atom is -0.495 e. The van der Waals surface area contributed by atoms with Crippen LogP contribution in [-0.4, -0.2) is 45.1 Å². The van der Waals surface area contributed by atoms with Crippen LogP contribution in [-0.2, 0) is 11.3 Å². The molecule has 7 nitrogen and oxygen atoms in total. The Hall–Kier alpha value is -5.11. The number of nitrogens with one attached hydrogen (secondary N) is 2.